The molecule has 0 atom stereocenters. The van der Waals surface area contributed by atoms with E-state index in [0.717, 1.165) is 251 Å². The number of nitrogens with zero attached hydrogens (tertiary/aromatic N) is 13. The number of pyridine rings is 5. The summed E-state index contributed by atoms with van der Waals surface area (Å²) in [6.07, 6.45) is 18.2. The number of rotatable bonds is 28. The topological polar surface area (TPSA) is 190 Å². The Bertz CT molecular complexity index is 4850. The minimum absolute atomic E-state index is 0.617. The van der Waals surface area contributed by atoms with Crippen molar-refractivity contribution in [2.75, 3.05) is 177 Å². The number of unbranched alkanes of at least 4 members (excludes halogenated alkanes) is 4. The number of ether oxygens (including phenoxy) is 4. The van der Waals surface area contributed by atoms with E-state index in [1.807, 2.05) is 128 Å². The Balaban J connectivity index is 0.000000124. The minimum Gasteiger partial charge on any atom is -0.478 e. The summed E-state index contributed by atoms with van der Waals surface area (Å²) in [5.74, 6) is 3.88. The molecule has 4 fully saturated rings. The molecule has 0 unspecified atom stereocenters. The molecule has 21 nitrogen and oxygen atoms in total. The van der Waals surface area contributed by atoms with Crippen LogP contribution in [0.2, 0.25) is 10.0 Å². The lowest BCUT2D eigenvalue weighted by atomic mass is 10.1. The molecule has 4 saturated heterocycles. The second-order valence-electron chi connectivity index (χ2n) is 29.3. The van der Waals surface area contributed by atoms with Gasteiger partial charge in [0.25, 0.3) is 0 Å². The molecule has 0 aliphatic carbocycles. The molecule has 23 heteroatoms. The predicted molar refractivity (Wildman–Crippen MR) is 458 cm³/mol. The first-order valence-electron chi connectivity index (χ1n) is 40.2. The summed E-state index contributed by atoms with van der Waals surface area (Å²) in [5, 5.41) is 8.40. The van der Waals surface area contributed by atoms with E-state index in [1.54, 1.807) is 0 Å². The Morgan fingerprint density at radius 1 is 0.321 bits per heavy atom. The second kappa shape index (κ2) is 40.4. The third kappa shape index (κ3) is 22.0. The van der Waals surface area contributed by atoms with E-state index < -0.39 is 0 Å². The van der Waals surface area contributed by atoms with Gasteiger partial charge in [-0.2, -0.15) is 19.9 Å². The van der Waals surface area contributed by atoms with Crippen molar-refractivity contribution in [2.24, 2.45) is 0 Å². The Hall–Kier alpha value is -10.1. The Labute approximate surface area is 668 Å². The average Bonchev–Trinajstić information content (AvgIpc) is 0.944. The highest BCUT2D eigenvalue weighted by Crippen LogP contribution is 2.34. The summed E-state index contributed by atoms with van der Waals surface area (Å²) in [6.45, 7) is 29.0. The molecule has 4 N–H and O–H groups in total. The van der Waals surface area contributed by atoms with Gasteiger partial charge in [-0.15, -0.1) is 0 Å². The molecule has 9 aromatic heterocycles. The lowest BCUT2D eigenvalue weighted by molar-refractivity contribution is 0.236. The Morgan fingerprint density at radius 3 is 1.11 bits per heavy atom. The number of halogens is 2. The van der Waals surface area contributed by atoms with Gasteiger partial charge in [0.15, 0.2) is 0 Å². The summed E-state index contributed by atoms with van der Waals surface area (Å²) < 4.78 is 23.2. The van der Waals surface area contributed by atoms with Gasteiger partial charge in [-0.3, -0.25) is 19.6 Å². The predicted octanol–water partition coefficient (Wildman–Crippen LogP) is 16.6. The lowest BCUT2D eigenvalue weighted by Gasteiger charge is -2.37. The Morgan fingerprint density at radius 2 is 0.679 bits per heavy atom. The van der Waals surface area contributed by atoms with E-state index in [9.17, 15) is 0 Å². The molecule has 0 radical (unpaired) electrons. The molecule has 112 heavy (non-hydrogen) atoms. The molecule has 13 heterocycles. The van der Waals surface area contributed by atoms with Crippen LogP contribution in [0.25, 0.3) is 54.9 Å². The molecule has 4 aliphatic rings. The maximum Gasteiger partial charge on any atom is 0.215 e. The van der Waals surface area contributed by atoms with Crippen molar-refractivity contribution >= 4 is 101 Å². The van der Waals surface area contributed by atoms with Gasteiger partial charge in [-0.25, -0.2) is 4.98 Å². The molecule has 0 amide bonds. The zero-order chi connectivity index (χ0) is 76.5. The van der Waals surface area contributed by atoms with E-state index in [1.165, 1.54) is 33.3 Å². The highest BCUT2D eigenvalue weighted by molar-refractivity contribution is 6.43. The summed E-state index contributed by atoms with van der Waals surface area (Å²) >= 11 is 12.5. The lowest BCUT2D eigenvalue weighted by Crippen LogP contribution is -2.46. The molecule has 4 aromatic carbocycles. The van der Waals surface area contributed by atoms with Crippen molar-refractivity contribution in [1.29, 1.82) is 0 Å². The summed E-state index contributed by atoms with van der Waals surface area (Å²) in [7, 11) is 0. The van der Waals surface area contributed by atoms with Crippen LogP contribution >= 0.6 is 23.2 Å². The highest BCUT2D eigenvalue weighted by atomic mass is 35.5. The quantitative estimate of drug-likeness (QED) is 0.0338. The fourth-order valence-corrected chi connectivity index (χ4v) is 15.5. The average molecular weight is 1550 g/mol. The standard InChI is InChI=1S/C25H28N4O.C23H30N4O.C21H24Cl2N4O.C20H25N5O/c1-2-8-22-20(6-1)7-5-9-23(22)29-17-15-28(16-18-29)14-3-4-19-30-24-11-10-21-12-13-26-25(21)27-24;1-18-6-5-7-21(19(18)2)27-15-13-26(14-16-27)12-3-4-17-28-22-9-8-20-10-11-24-23(20)25-22;22-17-4-3-5-18(20(17)23)27-13-11-26(12-14-27)10-1-2-15-28-19-7-6-16-8-9-24-21(16)25-19;1-2-9-21-18(5-1)25-14-12-24(13-15-25)11-3-4-16-26-19-7-6-17-8-10-22-20(17)23-19/h1-2,5-13H,3-4,14-19H2,(H,26,27);5-11H,3-4,12-17H2,1-2H3,(H,24,25);3-9H,1-2,10-15H2,(H,24,25);1-2,5-10H,3-4,11-16H2,(H,22,23). The van der Waals surface area contributed by atoms with E-state index in [0.29, 0.717) is 46.8 Å². The van der Waals surface area contributed by atoms with Gasteiger partial charge in [0.1, 0.15) is 28.4 Å². The number of fused-ring (bicyclic) bond motifs is 5. The summed E-state index contributed by atoms with van der Waals surface area (Å²) in [6, 6.07) is 57.8. The van der Waals surface area contributed by atoms with E-state index >= 15 is 0 Å². The van der Waals surface area contributed by atoms with Crippen LogP contribution in [0.5, 0.6) is 23.5 Å². The number of H-pyrrole nitrogens is 4. The largest absolute Gasteiger partial charge is 0.478 e. The van der Waals surface area contributed by atoms with Crippen LogP contribution in [0.1, 0.15) is 62.5 Å². The van der Waals surface area contributed by atoms with Crippen molar-refractivity contribution in [3.8, 4) is 23.5 Å². The van der Waals surface area contributed by atoms with Crippen molar-refractivity contribution < 1.29 is 18.9 Å². The van der Waals surface area contributed by atoms with Gasteiger partial charge in [0.05, 0.1) is 42.2 Å². The fourth-order valence-electron chi connectivity index (χ4n) is 15.1. The zero-order valence-corrected chi connectivity index (χ0v) is 66.4. The van der Waals surface area contributed by atoms with Gasteiger partial charge in [-0.05, 0) is 193 Å². The van der Waals surface area contributed by atoms with Crippen LogP contribution in [-0.4, -0.2) is 222 Å². The number of piperazine rings is 4. The molecule has 13 aromatic rings. The molecule has 0 bridgehead atoms. The number of aromatic amines is 4. The number of aromatic nitrogens is 9. The van der Waals surface area contributed by atoms with Crippen molar-refractivity contribution in [3.05, 3.63) is 222 Å². The second-order valence-corrected chi connectivity index (χ2v) is 30.1. The van der Waals surface area contributed by atoms with Gasteiger partial charge in [0, 0.05) is 198 Å². The van der Waals surface area contributed by atoms with Crippen LogP contribution in [0.15, 0.2) is 201 Å². The SMILES string of the molecule is Cc1cccc(N2CCN(CCCCOc3ccc4cc[nH]c4n3)CC2)c1C.Clc1cccc(N2CCN(CCCCOc3ccc4cc[nH]c4n3)CC2)c1Cl.c1ccc(N2CCN(CCCCOc3ccc4cc[nH]c4n3)CC2)nc1.c1ccc2c(N3CCN(CCCCOc4ccc5cc[nH]c5n4)CC3)cccc2c1. The first-order valence-corrected chi connectivity index (χ1v) is 41.0. The molecule has 4 aliphatic heterocycles. The number of hydrogen-bond donors (Lipinski definition) is 4. The monoisotopic (exact) mass is 1550 g/mol. The van der Waals surface area contributed by atoms with Gasteiger partial charge in [0.2, 0.25) is 23.5 Å². The first-order chi connectivity index (χ1) is 55.2. The zero-order valence-electron chi connectivity index (χ0n) is 64.9. The van der Waals surface area contributed by atoms with Crippen LogP contribution in [-0.2, 0) is 0 Å². The van der Waals surface area contributed by atoms with Crippen molar-refractivity contribution in [1.82, 2.24) is 64.5 Å². The number of benzene rings is 4. The maximum atomic E-state index is 6.35. The number of nitrogens with one attached hydrogen (secondary N) is 4. The fraction of sp³-hybridized carbons (Fsp3) is 0.382. The molecule has 17 rings (SSSR count). The van der Waals surface area contributed by atoms with E-state index in [4.69, 9.17) is 42.1 Å². The highest BCUT2D eigenvalue weighted by Gasteiger charge is 2.23. The first kappa shape index (κ1) is 78.6. The van der Waals surface area contributed by atoms with Crippen LogP contribution < -0.4 is 38.5 Å². The van der Waals surface area contributed by atoms with Crippen LogP contribution in [0.4, 0.5) is 22.9 Å². The van der Waals surface area contributed by atoms with E-state index in [-0.39, 0.29) is 0 Å². The third-order valence-electron chi connectivity index (χ3n) is 21.8. The normalized spacial score (nSPS) is 15.3. The van der Waals surface area contributed by atoms with Crippen molar-refractivity contribution in [2.45, 2.75) is 65.2 Å². The number of hydrogen-bond acceptors (Lipinski definition) is 17. The molecule has 0 saturated carbocycles. The summed E-state index contributed by atoms with van der Waals surface area (Å²) in [4.78, 5) is 54.7. The molecule has 0 spiro atoms. The van der Waals surface area contributed by atoms with Crippen molar-refractivity contribution in [3.63, 3.8) is 0 Å². The van der Waals surface area contributed by atoms with E-state index in [2.05, 4.69) is 171 Å². The molecular formula is C89H107Cl2N17O4. The third-order valence-corrected chi connectivity index (χ3v) is 22.6. The van der Waals surface area contributed by atoms with Crippen LogP contribution in [0, 0.1) is 13.8 Å². The number of anilines is 4. The smallest absolute Gasteiger partial charge is 0.215 e. The molecule has 586 valence electrons. The maximum absolute atomic E-state index is 6.35. The van der Waals surface area contributed by atoms with Gasteiger partial charge >= 0.3 is 0 Å². The number of aryl methyl sites for hydroxylation is 1. The van der Waals surface area contributed by atoms with Crippen LogP contribution in [0.3, 0.4) is 0 Å². The minimum atomic E-state index is 0.617. The van der Waals surface area contributed by atoms with Gasteiger partial charge in [-0.1, -0.05) is 83.9 Å². The Kier molecular flexibility index (Phi) is 28.3. The summed E-state index contributed by atoms with van der Waals surface area (Å²) in [5.41, 5.74) is 10.1. The molecular weight excluding hydrogens is 1440 g/mol. The van der Waals surface area contributed by atoms with Gasteiger partial charge < -0.3 is 58.5 Å².